The summed E-state index contributed by atoms with van der Waals surface area (Å²) in [6, 6.07) is 0.239. The van der Waals surface area contributed by atoms with Gasteiger partial charge in [-0.05, 0) is 26.5 Å². The smallest absolute Gasteiger partial charge is 0.220 e. The van der Waals surface area contributed by atoms with Gasteiger partial charge in [-0.1, -0.05) is 19.1 Å². The molecule has 1 aliphatic heterocycles. The number of hydrogen-bond donors (Lipinski definition) is 3. The van der Waals surface area contributed by atoms with Crippen LogP contribution >= 0.6 is 0 Å². The van der Waals surface area contributed by atoms with E-state index < -0.39 is 0 Å². The van der Waals surface area contributed by atoms with E-state index in [1.54, 1.807) is 7.05 Å². The Morgan fingerprint density at radius 1 is 1.45 bits per heavy atom. The van der Waals surface area contributed by atoms with Gasteiger partial charge in [0.1, 0.15) is 5.82 Å². The van der Waals surface area contributed by atoms with Gasteiger partial charge >= 0.3 is 0 Å². The average Bonchev–Trinajstić information content (AvgIpc) is 2.89. The molecule has 1 atom stereocenters. The predicted molar refractivity (Wildman–Crippen MR) is 91.5 cm³/mol. The molecule has 6 nitrogen and oxygen atoms in total. The minimum Gasteiger partial charge on any atom is -0.352 e. The van der Waals surface area contributed by atoms with Crippen LogP contribution in [0.1, 0.15) is 33.1 Å². The molecule has 3 N–H and O–H groups in total. The molecule has 1 rings (SSSR count). The molecule has 0 aliphatic carbocycles. The van der Waals surface area contributed by atoms with Crippen LogP contribution in [0.3, 0.4) is 0 Å². The number of hydrogen-bond acceptors (Lipinski definition) is 5. The number of nitrogens with zero attached hydrogens (tertiary/aromatic N) is 2. The first-order valence-electron chi connectivity index (χ1n) is 7.82. The van der Waals surface area contributed by atoms with Crippen molar-refractivity contribution in [2.45, 2.75) is 39.2 Å². The van der Waals surface area contributed by atoms with Crippen LogP contribution in [0.4, 0.5) is 0 Å². The molecule has 22 heavy (non-hydrogen) atoms. The number of likely N-dealkylation sites (tertiary alicyclic amines) is 1. The van der Waals surface area contributed by atoms with E-state index >= 15 is 0 Å². The second kappa shape index (κ2) is 9.38. The van der Waals surface area contributed by atoms with Crippen molar-refractivity contribution in [3.63, 3.8) is 0 Å². The standard InChI is InChI=1S/C16H29N5O/c1-6-7-15(22)19-13-8-9-21(10-13)11-14(12(2)3)16(17-4)20-18-5/h13,18,20H,2,4,6-11H2,1,3,5H3,(H,19,22)/b16-14-. The second-order valence-corrected chi connectivity index (χ2v) is 5.68. The molecule has 1 heterocycles. The molecule has 0 aromatic rings. The molecule has 0 aromatic carbocycles. The molecule has 6 heteroatoms. The van der Waals surface area contributed by atoms with E-state index in [0.717, 1.165) is 43.6 Å². The van der Waals surface area contributed by atoms with E-state index in [1.165, 1.54) is 0 Å². The van der Waals surface area contributed by atoms with Gasteiger partial charge in [0.05, 0.1) is 0 Å². The van der Waals surface area contributed by atoms with Crippen molar-refractivity contribution >= 4 is 12.6 Å². The van der Waals surface area contributed by atoms with Gasteiger partial charge in [-0.15, -0.1) is 0 Å². The Morgan fingerprint density at radius 3 is 2.73 bits per heavy atom. The van der Waals surface area contributed by atoms with Crippen LogP contribution in [0.15, 0.2) is 28.5 Å². The number of aliphatic imine (C=N–C) groups is 1. The van der Waals surface area contributed by atoms with Crippen LogP contribution in [0.25, 0.3) is 0 Å². The molecule has 1 aliphatic rings. The number of carbonyl (C=O) groups is 1. The van der Waals surface area contributed by atoms with Crippen LogP contribution < -0.4 is 16.2 Å². The predicted octanol–water partition coefficient (Wildman–Crippen LogP) is 1.19. The summed E-state index contributed by atoms with van der Waals surface area (Å²) in [5.74, 6) is 0.851. The monoisotopic (exact) mass is 307 g/mol. The lowest BCUT2D eigenvalue weighted by atomic mass is 10.1. The SMILES string of the molecule is C=N/C(NNC)=C(\CN1CCC(NC(=O)CCC)C1)C(=C)C. The molecule has 1 saturated heterocycles. The van der Waals surface area contributed by atoms with Gasteiger partial charge < -0.3 is 10.7 Å². The summed E-state index contributed by atoms with van der Waals surface area (Å²) < 4.78 is 0. The van der Waals surface area contributed by atoms with E-state index in [0.29, 0.717) is 12.2 Å². The first-order chi connectivity index (χ1) is 10.5. The molecule has 124 valence electrons. The fraction of sp³-hybridized carbons (Fsp3) is 0.625. The van der Waals surface area contributed by atoms with E-state index in [9.17, 15) is 4.79 Å². The highest BCUT2D eigenvalue weighted by Gasteiger charge is 2.25. The molecule has 0 bridgehead atoms. The van der Waals surface area contributed by atoms with Crippen molar-refractivity contribution in [3.8, 4) is 0 Å². The Kier molecular flexibility index (Phi) is 7.84. The fourth-order valence-corrected chi connectivity index (χ4v) is 2.59. The number of amides is 1. The normalized spacial score (nSPS) is 19.5. The van der Waals surface area contributed by atoms with E-state index in [1.807, 2.05) is 13.8 Å². The van der Waals surface area contributed by atoms with Gasteiger partial charge in [-0.3, -0.25) is 9.69 Å². The molecule has 0 saturated carbocycles. The van der Waals surface area contributed by atoms with Gasteiger partial charge in [0.2, 0.25) is 5.91 Å². The summed E-state index contributed by atoms with van der Waals surface area (Å²) in [5.41, 5.74) is 7.85. The Bertz CT molecular complexity index is 444. The Hall–Kier alpha value is -1.66. The lowest BCUT2D eigenvalue weighted by molar-refractivity contribution is -0.121. The maximum Gasteiger partial charge on any atom is 0.220 e. The van der Waals surface area contributed by atoms with Gasteiger partial charge in [0.15, 0.2) is 0 Å². The van der Waals surface area contributed by atoms with Gasteiger partial charge in [0.25, 0.3) is 0 Å². The number of hydrazine groups is 1. The lowest BCUT2D eigenvalue weighted by Gasteiger charge is -2.21. The van der Waals surface area contributed by atoms with Crippen molar-refractivity contribution in [1.82, 2.24) is 21.1 Å². The zero-order valence-corrected chi connectivity index (χ0v) is 14.0. The van der Waals surface area contributed by atoms with E-state index in [-0.39, 0.29) is 11.9 Å². The summed E-state index contributed by atoms with van der Waals surface area (Å²) in [4.78, 5) is 18.0. The maximum absolute atomic E-state index is 11.7. The summed E-state index contributed by atoms with van der Waals surface area (Å²) >= 11 is 0. The highest BCUT2D eigenvalue weighted by molar-refractivity contribution is 5.76. The topological polar surface area (TPSA) is 68.8 Å². The molecular formula is C16H29N5O. The molecule has 1 fully saturated rings. The Morgan fingerprint density at radius 2 is 2.18 bits per heavy atom. The van der Waals surface area contributed by atoms with E-state index in [4.69, 9.17) is 0 Å². The first-order valence-corrected chi connectivity index (χ1v) is 7.82. The van der Waals surface area contributed by atoms with Crippen LogP contribution in [-0.4, -0.2) is 50.2 Å². The van der Waals surface area contributed by atoms with Crippen LogP contribution in [0.5, 0.6) is 0 Å². The quantitative estimate of drug-likeness (QED) is 0.340. The number of nitrogens with one attached hydrogen (secondary N) is 3. The average molecular weight is 307 g/mol. The van der Waals surface area contributed by atoms with Crippen LogP contribution in [0.2, 0.25) is 0 Å². The molecule has 0 spiro atoms. The Balaban J connectivity index is 2.64. The zero-order valence-electron chi connectivity index (χ0n) is 14.0. The molecule has 1 unspecified atom stereocenters. The van der Waals surface area contributed by atoms with Crippen molar-refractivity contribution in [2.75, 3.05) is 26.7 Å². The van der Waals surface area contributed by atoms with Crippen LogP contribution in [0, 0.1) is 0 Å². The fourth-order valence-electron chi connectivity index (χ4n) is 2.59. The minimum atomic E-state index is 0.148. The summed E-state index contributed by atoms with van der Waals surface area (Å²) in [6.45, 7) is 14.2. The van der Waals surface area contributed by atoms with Gasteiger partial charge in [-0.25, -0.2) is 10.4 Å². The van der Waals surface area contributed by atoms with E-state index in [2.05, 4.69) is 39.4 Å². The number of rotatable bonds is 9. The summed E-state index contributed by atoms with van der Waals surface area (Å²) in [6.07, 6.45) is 2.47. The van der Waals surface area contributed by atoms with Crippen LogP contribution in [-0.2, 0) is 4.79 Å². The second-order valence-electron chi connectivity index (χ2n) is 5.68. The summed E-state index contributed by atoms with van der Waals surface area (Å²) in [7, 11) is 1.79. The van der Waals surface area contributed by atoms with Crippen molar-refractivity contribution in [3.05, 3.63) is 23.5 Å². The molecule has 1 amide bonds. The van der Waals surface area contributed by atoms with Crippen molar-refractivity contribution in [2.24, 2.45) is 4.99 Å². The Labute approximate surface area is 133 Å². The summed E-state index contributed by atoms with van der Waals surface area (Å²) in [5, 5.41) is 3.10. The molecular weight excluding hydrogens is 278 g/mol. The highest BCUT2D eigenvalue weighted by Crippen LogP contribution is 2.18. The maximum atomic E-state index is 11.7. The third-order valence-electron chi connectivity index (χ3n) is 3.70. The van der Waals surface area contributed by atoms with Gasteiger partial charge in [-0.2, -0.15) is 0 Å². The van der Waals surface area contributed by atoms with Gasteiger partial charge in [0, 0.05) is 44.7 Å². The largest absolute Gasteiger partial charge is 0.352 e. The molecule has 0 aromatic heterocycles. The minimum absolute atomic E-state index is 0.148. The third-order valence-corrected chi connectivity index (χ3v) is 3.70. The highest BCUT2D eigenvalue weighted by atomic mass is 16.1. The third kappa shape index (κ3) is 5.61. The zero-order chi connectivity index (χ0) is 16.5. The van der Waals surface area contributed by atoms with Crippen molar-refractivity contribution < 1.29 is 4.79 Å². The van der Waals surface area contributed by atoms with Crippen molar-refractivity contribution in [1.29, 1.82) is 0 Å². The molecule has 0 radical (unpaired) electrons. The number of carbonyl (C=O) groups excluding carboxylic acids is 1. The lowest BCUT2D eigenvalue weighted by Crippen LogP contribution is -2.37. The first kappa shape index (κ1) is 18.4.